The van der Waals surface area contributed by atoms with Crippen molar-refractivity contribution >= 4 is 27.7 Å². The number of sulfonamides is 1. The predicted octanol–water partition coefficient (Wildman–Crippen LogP) is 2.50. The van der Waals surface area contributed by atoms with Crippen molar-refractivity contribution in [3.05, 3.63) is 60.4 Å². The molecule has 1 fully saturated rings. The zero-order chi connectivity index (χ0) is 21.8. The molecule has 1 aliphatic heterocycles. The molecule has 4 rings (SSSR count). The number of piperazine rings is 1. The van der Waals surface area contributed by atoms with Gasteiger partial charge in [0.2, 0.25) is 21.8 Å². The number of nitrogens with zero attached hydrogens (tertiary/aromatic N) is 4. The molecule has 162 valence electrons. The largest absolute Gasteiger partial charge is 0.411 e. The summed E-state index contributed by atoms with van der Waals surface area (Å²) in [4.78, 5) is 13.7. The highest BCUT2D eigenvalue weighted by Crippen LogP contribution is 2.24. The molecule has 0 atom stereocenters. The van der Waals surface area contributed by atoms with Crippen molar-refractivity contribution in [2.45, 2.75) is 10.1 Å². The van der Waals surface area contributed by atoms with Crippen LogP contribution in [0, 0.1) is 5.82 Å². The molecule has 1 saturated heterocycles. The minimum Gasteiger partial charge on any atom is -0.411 e. The summed E-state index contributed by atoms with van der Waals surface area (Å²) < 4.78 is 46.0. The second-order valence-electron chi connectivity index (χ2n) is 6.74. The highest BCUT2D eigenvalue weighted by atomic mass is 32.2. The van der Waals surface area contributed by atoms with Crippen LogP contribution in [0.4, 0.5) is 4.39 Å². The summed E-state index contributed by atoms with van der Waals surface area (Å²) in [6.07, 6.45) is 0. The predicted molar refractivity (Wildman–Crippen MR) is 112 cm³/mol. The zero-order valence-electron chi connectivity index (χ0n) is 16.3. The van der Waals surface area contributed by atoms with E-state index in [1.54, 1.807) is 4.90 Å². The number of aromatic nitrogens is 2. The van der Waals surface area contributed by atoms with Crippen LogP contribution in [-0.4, -0.2) is 65.7 Å². The van der Waals surface area contributed by atoms with Crippen molar-refractivity contribution in [3.8, 4) is 11.5 Å². The molecule has 31 heavy (non-hydrogen) atoms. The number of hydrogen-bond acceptors (Lipinski definition) is 7. The Morgan fingerprint density at radius 2 is 1.68 bits per heavy atom. The first kappa shape index (κ1) is 21.5. The summed E-state index contributed by atoms with van der Waals surface area (Å²) in [5.74, 6) is -0.474. The number of carbonyl (C=O) groups excluding carboxylic acids is 1. The minimum absolute atomic E-state index is 0.0937. The van der Waals surface area contributed by atoms with Crippen LogP contribution in [0.3, 0.4) is 0 Å². The van der Waals surface area contributed by atoms with E-state index in [1.807, 2.05) is 30.3 Å². The second kappa shape index (κ2) is 9.16. The van der Waals surface area contributed by atoms with Gasteiger partial charge in [-0.3, -0.25) is 4.79 Å². The first-order chi connectivity index (χ1) is 14.9. The van der Waals surface area contributed by atoms with Crippen molar-refractivity contribution in [1.29, 1.82) is 0 Å². The van der Waals surface area contributed by atoms with Crippen LogP contribution < -0.4 is 0 Å². The van der Waals surface area contributed by atoms with E-state index in [4.69, 9.17) is 4.42 Å². The molecule has 0 bridgehead atoms. The molecule has 3 aromatic rings. The van der Waals surface area contributed by atoms with E-state index in [1.165, 1.54) is 22.5 Å². The van der Waals surface area contributed by atoms with Gasteiger partial charge in [-0.15, -0.1) is 10.2 Å². The van der Waals surface area contributed by atoms with Crippen LogP contribution in [0.1, 0.15) is 0 Å². The Balaban J connectivity index is 1.31. The Morgan fingerprint density at radius 1 is 1.00 bits per heavy atom. The van der Waals surface area contributed by atoms with Crippen molar-refractivity contribution in [1.82, 2.24) is 19.4 Å². The number of amides is 1. The van der Waals surface area contributed by atoms with Gasteiger partial charge in [0.15, 0.2) is 0 Å². The lowest BCUT2D eigenvalue weighted by molar-refractivity contribution is -0.129. The standard InChI is InChI=1S/C20H19FN4O4S2/c21-16-8-4-5-9-17(16)31(27,28)25-12-10-24(11-13-25)18(26)14-30-20-23-22-19(29-20)15-6-2-1-3-7-15/h1-9H,10-14H2. The molecule has 0 unspecified atom stereocenters. The summed E-state index contributed by atoms with van der Waals surface area (Å²) in [5, 5.41) is 8.22. The maximum atomic E-state index is 13.9. The number of thioether (sulfide) groups is 1. The van der Waals surface area contributed by atoms with Crippen LogP contribution in [0.25, 0.3) is 11.5 Å². The molecule has 0 N–H and O–H groups in total. The number of rotatable bonds is 6. The fourth-order valence-electron chi connectivity index (χ4n) is 3.15. The molecule has 0 aliphatic carbocycles. The fraction of sp³-hybridized carbons (Fsp3) is 0.250. The molecule has 2 aromatic carbocycles. The number of carbonyl (C=O) groups is 1. The van der Waals surface area contributed by atoms with E-state index in [-0.39, 0.29) is 48.0 Å². The molecule has 2 heterocycles. The van der Waals surface area contributed by atoms with Crippen molar-refractivity contribution in [2.24, 2.45) is 0 Å². The van der Waals surface area contributed by atoms with E-state index < -0.39 is 15.8 Å². The van der Waals surface area contributed by atoms with Gasteiger partial charge in [0.05, 0.1) is 5.75 Å². The zero-order valence-corrected chi connectivity index (χ0v) is 18.0. The molecule has 0 spiro atoms. The Morgan fingerprint density at radius 3 is 2.39 bits per heavy atom. The topological polar surface area (TPSA) is 96.6 Å². The second-order valence-corrected chi connectivity index (χ2v) is 9.58. The van der Waals surface area contributed by atoms with E-state index >= 15 is 0 Å². The van der Waals surface area contributed by atoms with Gasteiger partial charge in [0, 0.05) is 31.7 Å². The normalized spacial score (nSPS) is 15.2. The van der Waals surface area contributed by atoms with E-state index in [0.29, 0.717) is 5.89 Å². The first-order valence-corrected chi connectivity index (χ1v) is 11.9. The third kappa shape index (κ3) is 4.78. The SMILES string of the molecule is O=C(CSc1nnc(-c2ccccc2)o1)N1CCN(S(=O)(=O)c2ccccc2F)CC1. The lowest BCUT2D eigenvalue weighted by atomic mass is 10.2. The third-order valence-corrected chi connectivity index (χ3v) is 7.53. The van der Waals surface area contributed by atoms with Crippen LogP contribution >= 0.6 is 11.8 Å². The van der Waals surface area contributed by atoms with Crippen LogP contribution in [0.2, 0.25) is 0 Å². The number of hydrogen-bond donors (Lipinski definition) is 0. The Bertz CT molecular complexity index is 1160. The molecule has 1 aliphatic rings. The van der Waals surface area contributed by atoms with Gasteiger partial charge >= 0.3 is 0 Å². The van der Waals surface area contributed by atoms with Gasteiger partial charge in [-0.2, -0.15) is 4.31 Å². The lowest BCUT2D eigenvalue weighted by Gasteiger charge is -2.34. The van der Waals surface area contributed by atoms with Crippen LogP contribution in [0.15, 0.2) is 69.1 Å². The number of benzene rings is 2. The lowest BCUT2D eigenvalue weighted by Crippen LogP contribution is -2.51. The summed E-state index contributed by atoms with van der Waals surface area (Å²) in [6.45, 7) is 0.663. The Hall–Kier alpha value is -2.76. The molecular formula is C20H19FN4O4S2. The van der Waals surface area contributed by atoms with E-state index in [9.17, 15) is 17.6 Å². The highest BCUT2D eigenvalue weighted by Gasteiger charge is 2.31. The van der Waals surface area contributed by atoms with Crippen LogP contribution in [0.5, 0.6) is 0 Å². The van der Waals surface area contributed by atoms with Gasteiger partial charge < -0.3 is 9.32 Å². The molecule has 1 amide bonds. The highest BCUT2D eigenvalue weighted by molar-refractivity contribution is 7.99. The van der Waals surface area contributed by atoms with Gasteiger partial charge in [0.1, 0.15) is 10.7 Å². The maximum Gasteiger partial charge on any atom is 0.277 e. The third-order valence-electron chi connectivity index (χ3n) is 4.79. The molecule has 8 nitrogen and oxygen atoms in total. The Kier molecular flexibility index (Phi) is 6.35. The van der Waals surface area contributed by atoms with Gasteiger partial charge in [0.25, 0.3) is 5.22 Å². The average molecular weight is 463 g/mol. The van der Waals surface area contributed by atoms with Crippen molar-refractivity contribution in [2.75, 3.05) is 31.9 Å². The smallest absolute Gasteiger partial charge is 0.277 e. The molecular weight excluding hydrogens is 443 g/mol. The van der Waals surface area contributed by atoms with E-state index in [2.05, 4.69) is 10.2 Å². The molecule has 1 aromatic heterocycles. The summed E-state index contributed by atoms with van der Waals surface area (Å²) in [6, 6.07) is 14.6. The average Bonchev–Trinajstić information content (AvgIpc) is 3.27. The van der Waals surface area contributed by atoms with Gasteiger partial charge in [-0.05, 0) is 24.3 Å². The van der Waals surface area contributed by atoms with Crippen molar-refractivity contribution in [3.63, 3.8) is 0 Å². The van der Waals surface area contributed by atoms with Gasteiger partial charge in [-0.25, -0.2) is 12.8 Å². The molecule has 0 saturated carbocycles. The quantitative estimate of drug-likeness (QED) is 0.519. The van der Waals surface area contributed by atoms with Gasteiger partial charge in [-0.1, -0.05) is 42.1 Å². The maximum absolute atomic E-state index is 13.9. The summed E-state index contributed by atoms with van der Waals surface area (Å²) in [5.41, 5.74) is 0.792. The fourth-order valence-corrected chi connectivity index (χ4v) is 5.30. The Labute approximate surface area is 183 Å². The molecule has 0 radical (unpaired) electrons. The van der Waals surface area contributed by atoms with Crippen molar-refractivity contribution < 1.29 is 22.0 Å². The number of halogens is 1. The minimum atomic E-state index is -3.94. The summed E-state index contributed by atoms with van der Waals surface area (Å²) in [7, 11) is -3.94. The first-order valence-electron chi connectivity index (χ1n) is 9.49. The summed E-state index contributed by atoms with van der Waals surface area (Å²) >= 11 is 1.13. The van der Waals surface area contributed by atoms with E-state index in [0.717, 1.165) is 23.4 Å². The monoisotopic (exact) mass is 462 g/mol. The molecule has 11 heteroatoms. The van der Waals surface area contributed by atoms with Crippen LogP contribution in [-0.2, 0) is 14.8 Å².